The number of carbonyl (C=O) groups is 1. The highest BCUT2D eigenvalue weighted by atomic mass is 79.9. The van der Waals surface area contributed by atoms with Gasteiger partial charge in [0.15, 0.2) is 6.61 Å². The van der Waals surface area contributed by atoms with E-state index in [0.717, 1.165) is 4.47 Å². The smallest absolute Gasteiger partial charge is 0.260 e. The largest absolute Gasteiger partial charge is 0.483 e. The molecule has 0 aliphatic heterocycles. The number of carbonyl (C=O) groups excluding carboxylic acids is 1. The highest BCUT2D eigenvalue weighted by molar-refractivity contribution is 9.10. The Balaban J connectivity index is 2.67. The first-order valence-corrected chi connectivity index (χ1v) is 7.39. The number of halogens is 2. The zero-order valence-corrected chi connectivity index (χ0v) is 14.0. The van der Waals surface area contributed by atoms with Crippen molar-refractivity contribution < 1.29 is 9.53 Å². The predicted octanol–water partition coefficient (Wildman–Crippen LogP) is 4.13. The number of hydrogen-bond donors (Lipinski definition) is 0. The molecule has 3 nitrogen and oxygen atoms in total. The van der Waals surface area contributed by atoms with Crippen LogP contribution in [-0.2, 0) is 4.79 Å². The van der Waals surface area contributed by atoms with E-state index in [4.69, 9.17) is 16.3 Å². The van der Waals surface area contributed by atoms with Gasteiger partial charge in [0.2, 0.25) is 0 Å². The SMILES string of the molecule is CC(C)N(C(=O)COc1ccc(Cl)cc1Br)C(C)C. The molecule has 1 rings (SSSR count). The lowest BCUT2D eigenvalue weighted by atomic mass is 10.2. The molecular weight excluding hydrogens is 330 g/mol. The average molecular weight is 349 g/mol. The van der Waals surface area contributed by atoms with Crippen molar-refractivity contribution in [1.82, 2.24) is 4.90 Å². The van der Waals surface area contributed by atoms with Crippen LogP contribution < -0.4 is 4.74 Å². The van der Waals surface area contributed by atoms with Crippen LogP contribution in [-0.4, -0.2) is 29.5 Å². The van der Waals surface area contributed by atoms with Crippen molar-refractivity contribution in [1.29, 1.82) is 0 Å². The van der Waals surface area contributed by atoms with Gasteiger partial charge in [-0.1, -0.05) is 11.6 Å². The Kier molecular flexibility index (Phi) is 6.14. The van der Waals surface area contributed by atoms with Crippen molar-refractivity contribution in [3.63, 3.8) is 0 Å². The summed E-state index contributed by atoms with van der Waals surface area (Å²) in [4.78, 5) is 13.9. The van der Waals surface area contributed by atoms with Crippen molar-refractivity contribution in [2.75, 3.05) is 6.61 Å². The highest BCUT2D eigenvalue weighted by Gasteiger charge is 2.20. The van der Waals surface area contributed by atoms with E-state index in [-0.39, 0.29) is 24.6 Å². The lowest BCUT2D eigenvalue weighted by molar-refractivity contribution is -0.137. The van der Waals surface area contributed by atoms with Crippen LogP contribution in [0.4, 0.5) is 0 Å². The topological polar surface area (TPSA) is 29.5 Å². The van der Waals surface area contributed by atoms with Crippen LogP contribution in [0.1, 0.15) is 27.7 Å². The molecule has 0 radical (unpaired) electrons. The summed E-state index contributed by atoms with van der Waals surface area (Å²) >= 11 is 9.21. The third-order valence-electron chi connectivity index (χ3n) is 2.65. The van der Waals surface area contributed by atoms with Crippen LogP contribution in [0.2, 0.25) is 5.02 Å². The Bertz CT molecular complexity index is 441. The summed E-state index contributed by atoms with van der Waals surface area (Å²) in [5.41, 5.74) is 0. The van der Waals surface area contributed by atoms with E-state index in [9.17, 15) is 4.79 Å². The molecule has 0 fully saturated rings. The average Bonchev–Trinajstić information content (AvgIpc) is 2.26. The third kappa shape index (κ3) is 4.69. The predicted molar refractivity (Wildman–Crippen MR) is 81.8 cm³/mol. The molecule has 5 heteroatoms. The zero-order valence-electron chi connectivity index (χ0n) is 11.6. The summed E-state index contributed by atoms with van der Waals surface area (Å²) in [7, 11) is 0. The lowest BCUT2D eigenvalue weighted by Gasteiger charge is -2.30. The summed E-state index contributed by atoms with van der Waals surface area (Å²) in [5, 5.41) is 0.622. The maximum Gasteiger partial charge on any atom is 0.260 e. The highest BCUT2D eigenvalue weighted by Crippen LogP contribution is 2.28. The van der Waals surface area contributed by atoms with Crippen LogP contribution in [0.25, 0.3) is 0 Å². The number of hydrogen-bond acceptors (Lipinski definition) is 2. The molecule has 0 aliphatic rings. The van der Waals surface area contributed by atoms with Gasteiger partial charge in [0.1, 0.15) is 5.75 Å². The summed E-state index contributed by atoms with van der Waals surface area (Å²) in [6, 6.07) is 5.53. The van der Waals surface area contributed by atoms with Gasteiger partial charge in [-0.05, 0) is 61.8 Å². The molecule has 0 saturated heterocycles. The fourth-order valence-corrected chi connectivity index (χ4v) is 2.78. The van der Waals surface area contributed by atoms with Gasteiger partial charge in [0, 0.05) is 17.1 Å². The van der Waals surface area contributed by atoms with Gasteiger partial charge in [-0.25, -0.2) is 0 Å². The van der Waals surface area contributed by atoms with Gasteiger partial charge in [0.05, 0.1) is 4.47 Å². The van der Waals surface area contributed by atoms with Crippen molar-refractivity contribution >= 4 is 33.4 Å². The van der Waals surface area contributed by atoms with Crippen LogP contribution in [0.3, 0.4) is 0 Å². The Morgan fingerprint density at radius 1 is 1.32 bits per heavy atom. The summed E-state index contributed by atoms with van der Waals surface area (Å²) in [6.45, 7) is 8.01. The Morgan fingerprint density at radius 3 is 2.37 bits per heavy atom. The first kappa shape index (κ1) is 16.3. The quantitative estimate of drug-likeness (QED) is 0.801. The van der Waals surface area contributed by atoms with Crippen molar-refractivity contribution in [3.8, 4) is 5.75 Å². The van der Waals surface area contributed by atoms with Gasteiger partial charge in [0.25, 0.3) is 5.91 Å². The van der Waals surface area contributed by atoms with Crippen LogP contribution in [0.5, 0.6) is 5.75 Å². The first-order chi connectivity index (χ1) is 8.82. The molecule has 106 valence electrons. The lowest BCUT2D eigenvalue weighted by Crippen LogP contribution is -2.44. The molecule has 1 amide bonds. The van der Waals surface area contributed by atoms with E-state index < -0.39 is 0 Å². The maximum absolute atomic E-state index is 12.1. The van der Waals surface area contributed by atoms with Gasteiger partial charge >= 0.3 is 0 Å². The molecule has 0 aliphatic carbocycles. The fourth-order valence-electron chi connectivity index (χ4n) is 1.98. The van der Waals surface area contributed by atoms with Gasteiger partial charge < -0.3 is 9.64 Å². The normalized spacial score (nSPS) is 10.9. The van der Waals surface area contributed by atoms with Crippen LogP contribution in [0, 0.1) is 0 Å². The molecule has 0 spiro atoms. The summed E-state index contributed by atoms with van der Waals surface area (Å²) in [5.74, 6) is 0.595. The monoisotopic (exact) mass is 347 g/mol. The minimum atomic E-state index is -0.0214. The molecule has 19 heavy (non-hydrogen) atoms. The summed E-state index contributed by atoms with van der Waals surface area (Å²) < 4.78 is 6.28. The number of amides is 1. The Morgan fingerprint density at radius 2 is 1.89 bits per heavy atom. The van der Waals surface area contributed by atoms with Crippen molar-refractivity contribution in [3.05, 3.63) is 27.7 Å². The minimum Gasteiger partial charge on any atom is -0.483 e. The fraction of sp³-hybridized carbons (Fsp3) is 0.500. The van der Waals surface area contributed by atoms with E-state index in [1.54, 1.807) is 18.2 Å². The maximum atomic E-state index is 12.1. The molecule has 0 atom stereocenters. The van der Waals surface area contributed by atoms with E-state index >= 15 is 0 Å². The second kappa shape index (κ2) is 7.15. The summed E-state index contributed by atoms with van der Waals surface area (Å²) in [6.07, 6.45) is 0. The standard InChI is InChI=1S/C14H19BrClNO2/c1-9(2)17(10(3)4)14(18)8-19-13-6-5-11(16)7-12(13)15/h5-7,9-10H,8H2,1-4H3. The second-order valence-corrected chi connectivity index (χ2v) is 6.14. The molecule has 0 heterocycles. The number of rotatable bonds is 5. The Hall–Kier alpha value is -0.740. The molecule has 0 bridgehead atoms. The minimum absolute atomic E-state index is 0.0214. The van der Waals surface area contributed by atoms with Gasteiger partial charge in [-0.2, -0.15) is 0 Å². The molecule has 1 aromatic rings. The molecule has 0 unspecified atom stereocenters. The second-order valence-electron chi connectivity index (χ2n) is 4.85. The molecule has 1 aromatic carbocycles. The number of nitrogens with zero attached hydrogens (tertiary/aromatic N) is 1. The number of ether oxygens (including phenoxy) is 1. The third-order valence-corrected chi connectivity index (χ3v) is 3.50. The first-order valence-electron chi connectivity index (χ1n) is 6.22. The van der Waals surface area contributed by atoms with Crippen molar-refractivity contribution in [2.24, 2.45) is 0 Å². The Labute approximate surface area is 128 Å². The van der Waals surface area contributed by atoms with Crippen LogP contribution in [0.15, 0.2) is 22.7 Å². The van der Waals surface area contributed by atoms with E-state index in [1.807, 2.05) is 32.6 Å². The van der Waals surface area contributed by atoms with Crippen LogP contribution >= 0.6 is 27.5 Å². The molecule has 0 saturated carbocycles. The zero-order chi connectivity index (χ0) is 14.6. The molecular formula is C14H19BrClNO2. The van der Waals surface area contributed by atoms with E-state index in [1.165, 1.54) is 0 Å². The van der Waals surface area contributed by atoms with Gasteiger partial charge in [-0.15, -0.1) is 0 Å². The van der Waals surface area contributed by atoms with Gasteiger partial charge in [-0.3, -0.25) is 4.79 Å². The van der Waals surface area contributed by atoms with Crippen molar-refractivity contribution in [2.45, 2.75) is 39.8 Å². The number of benzene rings is 1. The van der Waals surface area contributed by atoms with E-state index in [2.05, 4.69) is 15.9 Å². The van der Waals surface area contributed by atoms with E-state index in [0.29, 0.717) is 10.8 Å². The molecule has 0 aromatic heterocycles. The molecule has 0 N–H and O–H groups in total.